The molecule has 1 aromatic heterocycles. The molecule has 0 bridgehead atoms. The number of pyridine rings is 1. The molecule has 0 amide bonds. The van der Waals surface area contributed by atoms with E-state index in [2.05, 4.69) is 27.3 Å². The van der Waals surface area contributed by atoms with Gasteiger partial charge in [0.2, 0.25) is 0 Å². The molecule has 1 aliphatic carbocycles. The van der Waals surface area contributed by atoms with Gasteiger partial charge >= 0.3 is 0 Å². The molecule has 0 radical (unpaired) electrons. The molecule has 0 spiro atoms. The lowest BCUT2D eigenvalue weighted by atomic mass is 9.89. The summed E-state index contributed by atoms with van der Waals surface area (Å²) in [4.78, 5) is 6.50. The van der Waals surface area contributed by atoms with E-state index in [4.69, 9.17) is 0 Å². The van der Waals surface area contributed by atoms with Gasteiger partial charge in [0.25, 0.3) is 0 Å². The molecule has 0 unspecified atom stereocenters. The lowest BCUT2D eigenvalue weighted by Gasteiger charge is -2.22. The highest BCUT2D eigenvalue weighted by molar-refractivity contribution is 5.48. The minimum absolute atomic E-state index is 0.846. The summed E-state index contributed by atoms with van der Waals surface area (Å²) >= 11 is 0. The van der Waals surface area contributed by atoms with E-state index in [0.29, 0.717) is 0 Å². The minimum Gasteiger partial charge on any atom is -0.376 e. The number of hydrogen-bond donors (Lipinski definition) is 1. The van der Waals surface area contributed by atoms with Gasteiger partial charge in [-0.1, -0.05) is 19.3 Å². The summed E-state index contributed by atoms with van der Waals surface area (Å²) in [6, 6.07) is 4.17. The van der Waals surface area contributed by atoms with Crippen molar-refractivity contribution in [1.82, 2.24) is 4.98 Å². The minimum atomic E-state index is 0.846. The van der Waals surface area contributed by atoms with Crippen LogP contribution >= 0.6 is 0 Å². The fourth-order valence-corrected chi connectivity index (χ4v) is 2.40. The van der Waals surface area contributed by atoms with Crippen LogP contribution in [0.5, 0.6) is 0 Å². The Labute approximate surface area is 104 Å². The second-order valence-electron chi connectivity index (χ2n) is 5.18. The molecule has 1 saturated carbocycles. The SMILES string of the molecule is CN(C)c1ccc(NCC2CCCCC2)nc1. The third-order valence-electron chi connectivity index (χ3n) is 3.56. The third kappa shape index (κ3) is 3.62. The highest BCUT2D eigenvalue weighted by Gasteiger charge is 2.12. The second-order valence-corrected chi connectivity index (χ2v) is 5.18. The molecule has 2 rings (SSSR count). The van der Waals surface area contributed by atoms with Crippen molar-refractivity contribution < 1.29 is 0 Å². The number of rotatable bonds is 4. The van der Waals surface area contributed by atoms with Crippen LogP contribution in [0.15, 0.2) is 18.3 Å². The first-order valence-corrected chi connectivity index (χ1v) is 6.63. The number of anilines is 2. The molecule has 3 nitrogen and oxygen atoms in total. The van der Waals surface area contributed by atoms with Gasteiger partial charge in [0.1, 0.15) is 5.82 Å². The van der Waals surface area contributed by atoms with Crippen LogP contribution in [0.3, 0.4) is 0 Å². The molecular formula is C14H23N3. The molecule has 1 heterocycles. The Bertz CT molecular complexity index is 326. The topological polar surface area (TPSA) is 28.2 Å². The van der Waals surface area contributed by atoms with Crippen molar-refractivity contribution in [2.45, 2.75) is 32.1 Å². The molecule has 0 saturated heterocycles. The fourth-order valence-electron chi connectivity index (χ4n) is 2.40. The number of nitrogens with one attached hydrogen (secondary N) is 1. The van der Waals surface area contributed by atoms with E-state index in [1.165, 1.54) is 32.1 Å². The van der Waals surface area contributed by atoms with Gasteiger partial charge in [-0.15, -0.1) is 0 Å². The predicted molar refractivity (Wildman–Crippen MR) is 73.6 cm³/mol. The molecule has 1 aromatic rings. The molecule has 0 aliphatic heterocycles. The van der Waals surface area contributed by atoms with Gasteiger partial charge in [0.15, 0.2) is 0 Å². The summed E-state index contributed by atoms with van der Waals surface area (Å²) in [5.41, 5.74) is 1.15. The molecule has 0 atom stereocenters. The average molecular weight is 233 g/mol. The molecule has 1 fully saturated rings. The van der Waals surface area contributed by atoms with E-state index in [9.17, 15) is 0 Å². The van der Waals surface area contributed by atoms with Crippen LogP contribution in [0, 0.1) is 5.92 Å². The largest absolute Gasteiger partial charge is 0.376 e. The Balaban J connectivity index is 1.82. The molecule has 94 valence electrons. The van der Waals surface area contributed by atoms with E-state index in [1.54, 1.807) is 0 Å². The summed E-state index contributed by atoms with van der Waals surface area (Å²) in [6.07, 6.45) is 8.90. The molecule has 17 heavy (non-hydrogen) atoms. The zero-order chi connectivity index (χ0) is 12.1. The van der Waals surface area contributed by atoms with Gasteiger partial charge in [-0.05, 0) is 30.9 Å². The summed E-state index contributed by atoms with van der Waals surface area (Å²) in [6.45, 7) is 1.08. The first kappa shape index (κ1) is 12.2. The van der Waals surface area contributed by atoms with Crippen LogP contribution in [-0.2, 0) is 0 Å². The number of hydrogen-bond acceptors (Lipinski definition) is 3. The summed E-state index contributed by atoms with van der Waals surface area (Å²) in [5.74, 6) is 1.85. The quantitative estimate of drug-likeness (QED) is 0.866. The highest BCUT2D eigenvalue weighted by atomic mass is 15.1. The molecular weight excluding hydrogens is 210 g/mol. The standard InChI is InChI=1S/C14H23N3/c1-17(2)13-8-9-14(16-11-13)15-10-12-6-4-3-5-7-12/h8-9,11-12H,3-7,10H2,1-2H3,(H,15,16). The van der Waals surface area contributed by atoms with Crippen LogP contribution in [0.4, 0.5) is 11.5 Å². The van der Waals surface area contributed by atoms with Crippen molar-refractivity contribution in [2.75, 3.05) is 30.9 Å². The van der Waals surface area contributed by atoms with Crippen molar-refractivity contribution in [1.29, 1.82) is 0 Å². The van der Waals surface area contributed by atoms with Crippen LogP contribution in [0.2, 0.25) is 0 Å². The monoisotopic (exact) mass is 233 g/mol. The first-order valence-electron chi connectivity index (χ1n) is 6.63. The predicted octanol–water partition coefficient (Wildman–Crippen LogP) is 3.14. The third-order valence-corrected chi connectivity index (χ3v) is 3.56. The lowest BCUT2D eigenvalue weighted by Crippen LogP contribution is -2.17. The Morgan fingerprint density at radius 3 is 2.59 bits per heavy atom. The van der Waals surface area contributed by atoms with Crippen molar-refractivity contribution in [3.63, 3.8) is 0 Å². The van der Waals surface area contributed by atoms with Gasteiger partial charge in [-0.3, -0.25) is 0 Å². The van der Waals surface area contributed by atoms with Gasteiger partial charge < -0.3 is 10.2 Å². The van der Waals surface area contributed by atoms with Crippen molar-refractivity contribution in [3.05, 3.63) is 18.3 Å². The maximum atomic E-state index is 4.43. The highest BCUT2D eigenvalue weighted by Crippen LogP contribution is 2.23. The maximum absolute atomic E-state index is 4.43. The van der Waals surface area contributed by atoms with Gasteiger partial charge in [0.05, 0.1) is 11.9 Å². The first-order chi connectivity index (χ1) is 8.25. The van der Waals surface area contributed by atoms with Crippen molar-refractivity contribution in [2.24, 2.45) is 5.92 Å². The van der Waals surface area contributed by atoms with Crippen LogP contribution < -0.4 is 10.2 Å². The average Bonchev–Trinajstić information content (AvgIpc) is 2.38. The van der Waals surface area contributed by atoms with E-state index in [0.717, 1.165) is 24.0 Å². The summed E-state index contributed by atoms with van der Waals surface area (Å²) in [7, 11) is 4.07. The number of nitrogens with zero attached hydrogens (tertiary/aromatic N) is 2. The number of aromatic nitrogens is 1. The van der Waals surface area contributed by atoms with Gasteiger partial charge in [-0.25, -0.2) is 4.98 Å². The smallest absolute Gasteiger partial charge is 0.126 e. The summed E-state index contributed by atoms with van der Waals surface area (Å²) in [5, 5.41) is 3.45. The van der Waals surface area contributed by atoms with Crippen molar-refractivity contribution in [3.8, 4) is 0 Å². The molecule has 0 aromatic carbocycles. The maximum Gasteiger partial charge on any atom is 0.126 e. The summed E-state index contributed by atoms with van der Waals surface area (Å²) < 4.78 is 0. The van der Waals surface area contributed by atoms with E-state index in [-0.39, 0.29) is 0 Å². The lowest BCUT2D eigenvalue weighted by molar-refractivity contribution is 0.373. The Morgan fingerprint density at radius 1 is 1.24 bits per heavy atom. The van der Waals surface area contributed by atoms with Crippen LogP contribution in [-0.4, -0.2) is 25.6 Å². The van der Waals surface area contributed by atoms with E-state index in [1.807, 2.05) is 20.3 Å². The van der Waals surface area contributed by atoms with Crippen molar-refractivity contribution >= 4 is 11.5 Å². The van der Waals surface area contributed by atoms with Crippen LogP contribution in [0.1, 0.15) is 32.1 Å². The Kier molecular flexibility index (Phi) is 4.24. The molecule has 3 heteroatoms. The second kappa shape index (κ2) is 5.89. The normalized spacial score (nSPS) is 16.8. The fraction of sp³-hybridized carbons (Fsp3) is 0.643. The zero-order valence-corrected chi connectivity index (χ0v) is 10.9. The van der Waals surface area contributed by atoms with Gasteiger partial charge in [-0.2, -0.15) is 0 Å². The molecule has 1 N–H and O–H groups in total. The van der Waals surface area contributed by atoms with Crippen LogP contribution in [0.25, 0.3) is 0 Å². The van der Waals surface area contributed by atoms with E-state index < -0.39 is 0 Å². The Hall–Kier alpha value is -1.25. The van der Waals surface area contributed by atoms with Gasteiger partial charge in [0, 0.05) is 20.6 Å². The zero-order valence-electron chi connectivity index (χ0n) is 10.9. The molecule has 1 aliphatic rings. The Morgan fingerprint density at radius 2 is 2.00 bits per heavy atom. The van der Waals surface area contributed by atoms with E-state index >= 15 is 0 Å².